The molecule has 34 heavy (non-hydrogen) atoms. The Bertz CT molecular complexity index is 1260. The second kappa shape index (κ2) is 8.74. The van der Waals surface area contributed by atoms with Gasteiger partial charge in [-0.15, -0.1) is 0 Å². The predicted octanol–water partition coefficient (Wildman–Crippen LogP) is 3.41. The van der Waals surface area contributed by atoms with E-state index in [1.807, 2.05) is 30.5 Å². The normalized spacial score (nSPS) is 17.7. The van der Waals surface area contributed by atoms with E-state index in [9.17, 15) is 14.4 Å². The third-order valence-corrected chi connectivity index (χ3v) is 6.31. The summed E-state index contributed by atoms with van der Waals surface area (Å²) in [6.07, 6.45) is 1.60. The molecule has 0 spiro atoms. The van der Waals surface area contributed by atoms with Crippen molar-refractivity contribution in [1.82, 2.24) is 14.8 Å². The Morgan fingerprint density at radius 1 is 1.09 bits per heavy atom. The van der Waals surface area contributed by atoms with Crippen LogP contribution in [0.2, 0.25) is 0 Å². The Hall–Kier alpha value is -4.01. The zero-order valence-corrected chi connectivity index (χ0v) is 19.8. The molecule has 1 N–H and O–H groups in total. The maximum Gasteiger partial charge on any atom is 0.325 e. The summed E-state index contributed by atoms with van der Waals surface area (Å²) in [5, 5.41) is 2.72. The van der Waals surface area contributed by atoms with Crippen LogP contribution in [0.15, 0.2) is 47.1 Å². The van der Waals surface area contributed by atoms with Gasteiger partial charge in [-0.3, -0.25) is 14.5 Å². The number of urea groups is 1. The van der Waals surface area contributed by atoms with Gasteiger partial charge in [-0.05, 0) is 56.7 Å². The quantitative estimate of drug-likeness (QED) is 0.404. The molecule has 178 valence electrons. The second-order valence-corrected chi connectivity index (χ2v) is 8.39. The van der Waals surface area contributed by atoms with E-state index in [0.29, 0.717) is 29.2 Å². The van der Waals surface area contributed by atoms with E-state index < -0.39 is 17.5 Å². The summed E-state index contributed by atoms with van der Waals surface area (Å²) in [6, 6.07) is 9.82. The van der Waals surface area contributed by atoms with E-state index in [-0.39, 0.29) is 12.3 Å². The monoisotopic (exact) mass is 465 g/mol. The summed E-state index contributed by atoms with van der Waals surface area (Å²) < 4.78 is 18.0. The predicted molar refractivity (Wildman–Crippen MR) is 123 cm³/mol. The summed E-state index contributed by atoms with van der Waals surface area (Å²) in [5.74, 6) is 0.868. The van der Waals surface area contributed by atoms with Crippen molar-refractivity contribution in [3.8, 4) is 11.5 Å². The van der Waals surface area contributed by atoms with E-state index in [1.54, 1.807) is 37.5 Å². The van der Waals surface area contributed by atoms with E-state index in [1.165, 1.54) is 14.2 Å². The minimum atomic E-state index is -1.34. The average molecular weight is 466 g/mol. The van der Waals surface area contributed by atoms with Crippen molar-refractivity contribution < 1.29 is 28.3 Å². The summed E-state index contributed by atoms with van der Waals surface area (Å²) in [7, 11) is 3.01. The largest absolute Gasteiger partial charge is 0.493 e. The molecule has 9 nitrogen and oxygen atoms in total. The van der Waals surface area contributed by atoms with Crippen LogP contribution in [0.5, 0.6) is 11.5 Å². The van der Waals surface area contributed by atoms with Gasteiger partial charge in [-0.2, -0.15) is 0 Å². The molecular formula is C25H27N3O6. The number of nitrogens with one attached hydrogen (secondary N) is 1. The van der Waals surface area contributed by atoms with E-state index in [2.05, 4.69) is 5.32 Å². The average Bonchev–Trinajstić information content (AvgIpc) is 3.50. The molecule has 0 aliphatic carbocycles. The fourth-order valence-corrected chi connectivity index (χ4v) is 4.30. The van der Waals surface area contributed by atoms with E-state index in [4.69, 9.17) is 13.9 Å². The highest BCUT2D eigenvalue weighted by molar-refractivity contribution is 6.11. The lowest BCUT2D eigenvalue weighted by atomic mass is 9.91. The highest BCUT2D eigenvalue weighted by atomic mass is 16.5. The number of carbonyl (C=O) groups excluding carboxylic acids is 3. The van der Waals surface area contributed by atoms with Gasteiger partial charge in [-0.1, -0.05) is 6.07 Å². The number of hydrogen-bond acceptors (Lipinski definition) is 6. The number of amides is 3. The summed E-state index contributed by atoms with van der Waals surface area (Å²) in [5.41, 5.74) is 1.27. The number of rotatable bonds is 8. The van der Waals surface area contributed by atoms with Crippen molar-refractivity contribution in [2.24, 2.45) is 0 Å². The minimum absolute atomic E-state index is 0.321. The number of imide groups is 1. The molecule has 0 saturated carbocycles. The molecule has 1 fully saturated rings. The van der Waals surface area contributed by atoms with Gasteiger partial charge in [0.05, 0.1) is 33.6 Å². The summed E-state index contributed by atoms with van der Waals surface area (Å²) >= 11 is 0. The van der Waals surface area contributed by atoms with Crippen LogP contribution in [0.25, 0.3) is 0 Å². The van der Waals surface area contributed by atoms with Gasteiger partial charge in [0.25, 0.3) is 5.91 Å². The number of ketones is 1. The minimum Gasteiger partial charge on any atom is -0.493 e. The van der Waals surface area contributed by atoms with Gasteiger partial charge in [0.1, 0.15) is 11.3 Å². The molecule has 3 heterocycles. The number of furan rings is 1. The van der Waals surface area contributed by atoms with Crippen molar-refractivity contribution in [1.29, 1.82) is 0 Å². The molecule has 9 heteroatoms. The lowest BCUT2D eigenvalue weighted by Crippen LogP contribution is -2.41. The highest BCUT2D eigenvalue weighted by Crippen LogP contribution is 2.35. The zero-order valence-electron chi connectivity index (χ0n) is 19.8. The molecule has 0 unspecified atom stereocenters. The van der Waals surface area contributed by atoms with Crippen LogP contribution in [-0.4, -0.2) is 48.0 Å². The zero-order chi connectivity index (χ0) is 24.6. The topological polar surface area (TPSA) is 103 Å². The number of ether oxygens (including phenoxy) is 2. The number of hydrogen-bond donors (Lipinski definition) is 1. The van der Waals surface area contributed by atoms with Crippen molar-refractivity contribution in [3.05, 3.63) is 70.9 Å². The van der Waals surface area contributed by atoms with Crippen LogP contribution in [0.3, 0.4) is 0 Å². The number of aromatic nitrogens is 1. The molecule has 1 saturated heterocycles. The van der Waals surface area contributed by atoms with Crippen molar-refractivity contribution in [2.75, 3.05) is 20.8 Å². The molecule has 3 aromatic rings. The molecule has 1 atom stereocenters. The van der Waals surface area contributed by atoms with Gasteiger partial charge >= 0.3 is 6.03 Å². The Balaban J connectivity index is 1.57. The number of aryl methyl sites for hydroxylation is 1. The summed E-state index contributed by atoms with van der Waals surface area (Å²) in [6.45, 7) is 5.46. The van der Waals surface area contributed by atoms with E-state index in [0.717, 1.165) is 22.0 Å². The first-order chi connectivity index (χ1) is 16.2. The molecule has 2 aromatic heterocycles. The number of carbonyl (C=O) groups is 3. The van der Waals surface area contributed by atoms with Gasteiger partial charge in [0.2, 0.25) is 0 Å². The first kappa shape index (κ1) is 23.2. The maximum atomic E-state index is 13.3. The number of benzene rings is 1. The lowest BCUT2D eigenvalue weighted by Gasteiger charge is -2.23. The highest BCUT2D eigenvalue weighted by Gasteiger charge is 2.49. The molecule has 1 aromatic carbocycles. The Morgan fingerprint density at radius 2 is 1.82 bits per heavy atom. The van der Waals surface area contributed by atoms with Crippen LogP contribution in [0.4, 0.5) is 4.79 Å². The number of Topliss-reactive ketones (excluding diaryl/α,β-unsaturated/α-hetero) is 1. The Labute approximate surface area is 197 Å². The fraction of sp³-hybridized carbons (Fsp3) is 0.320. The molecule has 0 radical (unpaired) electrons. The SMILES string of the molecule is COc1ccc([C@@]2(C)NC(=O)N(CC(=O)c3cc(C)n(Cc4ccco4)c3C)C2=O)cc1OC. The van der Waals surface area contributed by atoms with Gasteiger partial charge in [-0.25, -0.2) is 4.79 Å². The van der Waals surface area contributed by atoms with Crippen LogP contribution in [0.1, 0.15) is 40.0 Å². The smallest absolute Gasteiger partial charge is 0.325 e. The van der Waals surface area contributed by atoms with Crippen LogP contribution < -0.4 is 14.8 Å². The first-order valence-corrected chi connectivity index (χ1v) is 10.8. The number of nitrogens with zero attached hydrogens (tertiary/aromatic N) is 2. The lowest BCUT2D eigenvalue weighted by molar-refractivity contribution is -0.130. The van der Waals surface area contributed by atoms with Crippen LogP contribution in [0, 0.1) is 13.8 Å². The second-order valence-electron chi connectivity index (χ2n) is 8.39. The molecular weight excluding hydrogens is 438 g/mol. The summed E-state index contributed by atoms with van der Waals surface area (Å²) in [4.78, 5) is 40.2. The standard InChI is InChI=1S/C25H27N3O6/c1-15-11-19(16(2)27(15)13-18-7-6-10-34-18)20(29)14-28-23(30)25(3,26-24(28)31)17-8-9-21(32-4)22(12-17)33-5/h6-12H,13-14H2,1-5H3,(H,26,31)/t25-/m1/s1. The van der Waals surface area contributed by atoms with Crippen molar-refractivity contribution in [3.63, 3.8) is 0 Å². The van der Waals surface area contributed by atoms with Gasteiger partial charge in [0.15, 0.2) is 17.3 Å². The van der Waals surface area contributed by atoms with E-state index >= 15 is 0 Å². The molecule has 1 aliphatic heterocycles. The van der Waals surface area contributed by atoms with Gasteiger partial charge < -0.3 is 23.8 Å². The van der Waals surface area contributed by atoms with Crippen LogP contribution in [-0.2, 0) is 16.9 Å². The van der Waals surface area contributed by atoms with Crippen LogP contribution >= 0.6 is 0 Å². The number of methoxy groups -OCH3 is 2. The van der Waals surface area contributed by atoms with Crippen molar-refractivity contribution in [2.45, 2.75) is 32.9 Å². The Kier molecular flexibility index (Phi) is 5.95. The first-order valence-electron chi connectivity index (χ1n) is 10.8. The molecule has 3 amide bonds. The third kappa shape index (κ3) is 3.83. The van der Waals surface area contributed by atoms with Gasteiger partial charge in [0, 0.05) is 17.0 Å². The molecule has 1 aliphatic rings. The third-order valence-electron chi connectivity index (χ3n) is 6.31. The van der Waals surface area contributed by atoms with Crippen molar-refractivity contribution >= 4 is 17.7 Å². The fourth-order valence-electron chi connectivity index (χ4n) is 4.30. The Morgan fingerprint density at radius 3 is 2.47 bits per heavy atom. The molecule has 0 bridgehead atoms. The molecule has 4 rings (SSSR count). The maximum absolute atomic E-state index is 13.3.